The van der Waals surface area contributed by atoms with Crippen LogP contribution in [0.5, 0.6) is 0 Å². The van der Waals surface area contributed by atoms with E-state index >= 15 is 0 Å². The van der Waals surface area contributed by atoms with Crippen molar-refractivity contribution in [2.24, 2.45) is 0 Å². The Bertz CT molecular complexity index is 3080. The van der Waals surface area contributed by atoms with Crippen LogP contribution < -0.4 is 0 Å². The van der Waals surface area contributed by atoms with Gasteiger partial charge in [0.25, 0.3) is 0 Å². The van der Waals surface area contributed by atoms with Gasteiger partial charge in [-0.15, -0.1) is 0 Å². The number of aryl methyl sites for hydroxylation is 2. The van der Waals surface area contributed by atoms with Crippen LogP contribution >= 0.6 is 0 Å². The predicted molar refractivity (Wildman–Crippen MR) is 230 cm³/mol. The summed E-state index contributed by atoms with van der Waals surface area (Å²) in [7, 11) is 0. The number of benzene rings is 8. The zero-order chi connectivity index (χ0) is 37.9. The Morgan fingerprint density at radius 3 is 1.18 bits per heavy atom. The first-order valence-electron chi connectivity index (χ1n) is 18.8. The molecular weight excluding hydrogens is 681 g/mol. The number of rotatable bonds is 5. The lowest BCUT2D eigenvalue weighted by Crippen LogP contribution is -1.99. The van der Waals surface area contributed by atoms with Crippen LogP contribution in [0.15, 0.2) is 170 Å². The summed E-state index contributed by atoms with van der Waals surface area (Å²) in [6.45, 7) is 4.30. The summed E-state index contributed by atoms with van der Waals surface area (Å²) in [6.07, 6.45) is 0. The summed E-state index contributed by atoms with van der Waals surface area (Å²) < 4.78 is 4.54. The molecule has 0 spiro atoms. The molecule has 2 heterocycles. The van der Waals surface area contributed by atoms with E-state index < -0.39 is 0 Å². The molecule has 10 rings (SSSR count). The second-order valence-corrected chi connectivity index (χ2v) is 14.5. The van der Waals surface area contributed by atoms with E-state index in [4.69, 9.17) is 0 Å². The van der Waals surface area contributed by atoms with Crippen molar-refractivity contribution in [3.63, 3.8) is 0 Å². The summed E-state index contributed by atoms with van der Waals surface area (Å²) in [5.41, 5.74) is 15.8. The third-order valence-electron chi connectivity index (χ3n) is 11.3. The van der Waals surface area contributed by atoms with Gasteiger partial charge in [0, 0.05) is 44.0 Å². The van der Waals surface area contributed by atoms with Crippen LogP contribution in [0.1, 0.15) is 22.3 Å². The minimum atomic E-state index is 0.509. The van der Waals surface area contributed by atoms with E-state index in [1.54, 1.807) is 0 Å². The second-order valence-electron chi connectivity index (χ2n) is 14.5. The zero-order valence-electron chi connectivity index (χ0n) is 31.0. The Morgan fingerprint density at radius 1 is 0.357 bits per heavy atom. The standard InChI is InChI=1S/C52H34N4/c1-33-11-3-5-13-41(33)35-21-25-51-47(27-35)43-15-7-9-17-49(43)55(51)39-23-19-37(31-53)45(29-39)46-30-40(24-20-38(46)32-54)56-50-18-10-8-16-44(50)48-28-36(22-26-52(48)56)42-14-6-4-12-34(42)2/h3-30H,1-2H3. The quantitative estimate of drug-likeness (QED) is 0.178. The molecule has 0 aliphatic heterocycles. The highest BCUT2D eigenvalue weighted by atomic mass is 15.0. The molecule has 0 amide bonds. The summed E-state index contributed by atoms with van der Waals surface area (Å²) in [6, 6.07) is 64.1. The number of aromatic nitrogens is 2. The van der Waals surface area contributed by atoms with Gasteiger partial charge in [-0.05, 0) is 120 Å². The van der Waals surface area contributed by atoms with E-state index in [0.717, 1.165) is 55.0 Å². The molecule has 4 nitrogen and oxygen atoms in total. The van der Waals surface area contributed by atoms with Gasteiger partial charge in [0.1, 0.15) is 0 Å². The van der Waals surface area contributed by atoms with E-state index in [2.05, 4.69) is 181 Å². The van der Waals surface area contributed by atoms with Gasteiger partial charge >= 0.3 is 0 Å². The van der Waals surface area contributed by atoms with Crippen LogP contribution in [0.4, 0.5) is 0 Å². The SMILES string of the molecule is Cc1ccccc1-c1ccc2c(c1)c1ccccc1n2-c1ccc(C#N)c(-c2cc(-n3c4ccccc4c4cc(-c5ccccc5C)ccc43)ccc2C#N)c1. The predicted octanol–water partition coefficient (Wildman–Crippen LogP) is 13.2. The number of nitrogens with zero attached hydrogens (tertiary/aromatic N) is 4. The highest BCUT2D eigenvalue weighted by Crippen LogP contribution is 2.40. The maximum atomic E-state index is 10.5. The molecule has 2 aromatic heterocycles. The monoisotopic (exact) mass is 714 g/mol. The average Bonchev–Trinajstić information content (AvgIpc) is 3.76. The molecule has 10 aromatic rings. The Kier molecular flexibility index (Phi) is 7.66. The third-order valence-corrected chi connectivity index (χ3v) is 11.3. The van der Waals surface area contributed by atoms with Crippen molar-refractivity contribution >= 4 is 43.6 Å². The smallest absolute Gasteiger partial charge is 0.0998 e. The van der Waals surface area contributed by atoms with Crippen LogP contribution in [-0.2, 0) is 0 Å². The maximum absolute atomic E-state index is 10.5. The minimum absolute atomic E-state index is 0.509. The molecule has 56 heavy (non-hydrogen) atoms. The number of fused-ring (bicyclic) bond motifs is 6. The Labute approximate surface area is 325 Å². The number of hydrogen-bond donors (Lipinski definition) is 0. The molecule has 4 heteroatoms. The Hall–Kier alpha value is -7.66. The lowest BCUT2D eigenvalue weighted by molar-refractivity contribution is 1.17. The van der Waals surface area contributed by atoms with E-state index in [-0.39, 0.29) is 0 Å². The third kappa shape index (κ3) is 5.12. The van der Waals surface area contributed by atoms with Gasteiger partial charge < -0.3 is 9.13 Å². The maximum Gasteiger partial charge on any atom is 0.0998 e. The molecule has 262 valence electrons. The summed E-state index contributed by atoms with van der Waals surface area (Å²) >= 11 is 0. The fraction of sp³-hybridized carbons (Fsp3) is 0.0385. The Morgan fingerprint density at radius 2 is 0.750 bits per heavy atom. The van der Waals surface area contributed by atoms with Gasteiger partial charge in [0.15, 0.2) is 0 Å². The molecule has 0 atom stereocenters. The van der Waals surface area contributed by atoms with Crippen LogP contribution in [-0.4, -0.2) is 9.13 Å². The van der Waals surface area contributed by atoms with Gasteiger partial charge in [0.05, 0.1) is 45.3 Å². The zero-order valence-corrected chi connectivity index (χ0v) is 31.0. The summed E-state index contributed by atoms with van der Waals surface area (Å²) in [5.74, 6) is 0. The van der Waals surface area contributed by atoms with Crippen LogP contribution in [0.3, 0.4) is 0 Å². The van der Waals surface area contributed by atoms with Gasteiger partial charge in [-0.25, -0.2) is 0 Å². The van der Waals surface area contributed by atoms with Crippen molar-refractivity contribution in [1.29, 1.82) is 10.5 Å². The fourth-order valence-electron chi connectivity index (χ4n) is 8.61. The van der Waals surface area contributed by atoms with Gasteiger partial charge in [-0.1, -0.05) is 97.1 Å². The first-order chi connectivity index (χ1) is 27.5. The number of para-hydroxylation sites is 2. The first kappa shape index (κ1) is 32.9. The minimum Gasteiger partial charge on any atom is -0.309 e. The van der Waals surface area contributed by atoms with Gasteiger partial charge in [0.2, 0.25) is 0 Å². The normalized spacial score (nSPS) is 11.4. The van der Waals surface area contributed by atoms with E-state index in [9.17, 15) is 10.5 Å². The highest BCUT2D eigenvalue weighted by Gasteiger charge is 2.19. The van der Waals surface area contributed by atoms with Crippen molar-refractivity contribution in [3.8, 4) is 56.9 Å². The fourth-order valence-corrected chi connectivity index (χ4v) is 8.61. The van der Waals surface area contributed by atoms with E-state index in [1.807, 2.05) is 24.3 Å². The molecule has 0 saturated heterocycles. The van der Waals surface area contributed by atoms with Crippen LogP contribution in [0.2, 0.25) is 0 Å². The molecule has 8 aromatic carbocycles. The average molecular weight is 715 g/mol. The van der Waals surface area contributed by atoms with E-state index in [0.29, 0.717) is 22.3 Å². The molecule has 0 radical (unpaired) electrons. The molecule has 0 saturated carbocycles. The van der Waals surface area contributed by atoms with Gasteiger partial charge in [-0.2, -0.15) is 10.5 Å². The van der Waals surface area contributed by atoms with Crippen LogP contribution in [0.25, 0.3) is 88.4 Å². The molecular formula is C52H34N4. The van der Waals surface area contributed by atoms with Crippen molar-refractivity contribution in [1.82, 2.24) is 9.13 Å². The van der Waals surface area contributed by atoms with Crippen molar-refractivity contribution in [2.75, 3.05) is 0 Å². The first-order valence-corrected chi connectivity index (χ1v) is 18.8. The van der Waals surface area contributed by atoms with Gasteiger partial charge in [-0.3, -0.25) is 0 Å². The van der Waals surface area contributed by atoms with Crippen LogP contribution in [0, 0.1) is 36.5 Å². The lowest BCUT2D eigenvalue weighted by atomic mass is 9.95. The molecule has 0 aliphatic rings. The summed E-state index contributed by atoms with van der Waals surface area (Å²) in [4.78, 5) is 0. The van der Waals surface area contributed by atoms with Crippen molar-refractivity contribution in [3.05, 3.63) is 192 Å². The van der Waals surface area contributed by atoms with Crippen molar-refractivity contribution < 1.29 is 0 Å². The number of nitriles is 2. The molecule has 0 fully saturated rings. The topological polar surface area (TPSA) is 57.4 Å². The molecule has 0 aliphatic carbocycles. The molecule has 0 bridgehead atoms. The lowest BCUT2D eigenvalue weighted by Gasteiger charge is -2.15. The molecule has 0 unspecified atom stereocenters. The second kappa shape index (κ2) is 13.0. The highest BCUT2D eigenvalue weighted by molar-refractivity contribution is 6.12. The van der Waals surface area contributed by atoms with E-state index in [1.165, 1.54) is 33.4 Å². The van der Waals surface area contributed by atoms with Crippen molar-refractivity contribution in [2.45, 2.75) is 13.8 Å². The largest absolute Gasteiger partial charge is 0.309 e. The Balaban J connectivity index is 1.17. The molecule has 0 N–H and O–H groups in total. The number of hydrogen-bond acceptors (Lipinski definition) is 2. The summed E-state index contributed by atoms with van der Waals surface area (Å²) in [5, 5.41) is 25.6.